The van der Waals surface area contributed by atoms with Crippen molar-refractivity contribution in [2.75, 3.05) is 33.3 Å². The Hall–Kier alpha value is -0.940. The minimum absolute atomic E-state index is 0. The summed E-state index contributed by atoms with van der Waals surface area (Å²) in [5.74, 6) is 0.969. The van der Waals surface area contributed by atoms with Gasteiger partial charge in [-0.25, -0.2) is 0 Å². The number of aromatic hydroxyl groups is 1. The molecule has 0 aromatic heterocycles. The van der Waals surface area contributed by atoms with Gasteiger partial charge < -0.3 is 15.2 Å². The molecule has 0 amide bonds. The summed E-state index contributed by atoms with van der Waals surface area (Å²) in [6.07, 6.45) is 1.86. The first-order valence-electron chi connectivity index (χ1n) is 6.21. The maximum Gasteiger partial charge on any atom is 0.127 e. The molecule has 0 unspecified atom stereocenters. The number of hydrogen-bond donors (Lipinski definition) is 2. The fraction of sp³-hybridized carbons (Fsp3) is 0.429. The van der Waals surface area contributed by atoms with Gasteiger partial charge in [0.2, 0.25) is 0 Å². The Kier molecular flexibility index (Phi) is 8.65. The number of nitrogens with zero attached hydrogens (tertiary/aromatic N) is 1. The van der Waals surface area contributed by atoms with Gasteiger partial charge in [0.15, 0.2) is 0 Å². The smallest absolute Gasteiger partial charge is 0.127 e. The Labute approximate surface area is 132 Å². The van der Waals surface area contributed by atoms with Crippen LogP contribution in [0.5, 0.6) is 11.5 Å². The average Bonchev–Trinajstić information content (AvgIpc) is 2.42. The Morgan fingerprint density at radius 3 is 2.55 bits per heavy atom. The molecule has 0 bridgehead atoms. The highest BCUT2D eigenvalue weighted by Gasteiger charge is 2.24. The number of hydrogen-bond acceptors (Lipinski definition) is 4. The van der Waals surface area contributed by atoms with Crippen LogP contribution in [0.3, 0.4) is 0 Å². The van der Waals surface area contributed by atoms with Crippen LogP contribution in [0.2, 0.25) is 0 Å². The number of benzene rings is 1. The topological polar surface area (TPSA) is 44.7 Å². The second-order valence-electron chi connectivity index (χ2n) is 4.36. The molecule has 4 nitrogen and oxygen atoms in total. The molecule has 1 atom stereocenters. The second kappa shape index (κ2) is 9.08. The van der Waals surface area contributed by atoms with Gasteiger partial charge in [0.05, 0.1) is 18.7 Å². The van der Waals surface area contributed by atoms with Gasteiger partial charge in [-0.05, 0) is 12.1 Å². The van der Waals surface area contributed by atoms with Crippen LogP contribution in [0.4, 0.5) is 0 Å². The molecule has 0 saturated carbocycles. The molecule has 1 aromatic carbocycles. The molecule has 1 aromatic rings. The molecule has 1 fully saturated rings. The Morgan fingerprint density at radius 2 is 2.00 bits per heavy atom. The monoisotopic (exact) mass is 320 g/mol. The molecule has 2 N–H and O–H groups in total. The highest BCUT2D eigenvalue weighted by atomic mass is 35.5. The molecule has 2 rings (SSSR count). The van der Waals surface area contributed by atoms with E-state index < -0.39 is 0 Å². The number of phenolic OH excluding ortho intramolecular Hbond substituents is 1. The third kappa shape index (κ3) is 4.03. The molecular formula is C14H22Cl2N2O2. The maximum absolute atomic E-state index is 10.1. The maximum atomic E-state index is 10.1. The number of piperazine rings is 1. The minimum Gasteiger partial charge on any atom is -0.507 e. The fourth-order valence-electron chi connectivity index (χ4n) is 2.42. The Balaban J connectivity index is 0.00000180. The molecule has 1 aliphatic heterocycles. The molecule has 1 heterocycles. The van der Waals surface area contributed by atoms with Crippen molar-refractivity contribution >= 4 is 24.8 Å². The van der Waals surface area contributed by atoms with E-state index >= 15 is 0 Å². The van der Waals surface area contributed by atoms with E-state index in [0.717, 1.165) is 31.7 Å². The van der Waals surface area contributed by atoms with Crippen LogP contribution in [0.25, 0.3) is 0 Å². The summed E-state index contributed by atoms with van der Waals surface area (Å²) >= 11 is 0. The normalized spacial score (nSPS) is 16.4. The summed E-state index contributed by atoms with van der Waals surface area (Å²) in [6.45, 7) is 7.69. The zero-order chi connectivity index (χ0) is 13.0. The van der Waals surface area contributed by atoms with Crippen LogP contribution >= 0.6 is 24.8 Å². The molecule has 114 valence electrons. The lowest BCUT2D eigenvalue weighted by Crippen LogP contribution is -2.44. The van der Waals surface area contributed by atoms with Crippen molar-refractivity contribution in [3.05, 3.63) is 36.4 Å². The van der Waals surface area contributed by atoms with Gasteiger partial charge in [0.25, 0.3) is 0 Å². The average molecular weight is 321 g/mol. The second-order valence-corrected chi connectivity index (χ2v) is 4.36. The third-order valence-corrected chi connectivity index (χ3v) is 3.33. The number of phenols is 1. The Morgan fingerprint density at radius 1 is 1.35 bits per heavy atom. The van der Waals surface area contributed by atoms with E-state index in [1.54, 1.807) is 19.2 Å². The fourth-order valence-corrected chi connectivity index (χ4v) is 2.42. The molecule has 0 spiro atoms. The first-order chi connectivity index (χ1) is 8.77. The highest BCUT2D eigenvalue weighted by Crippen LogP contribution is 2.36. The van der Waals surface area contributed by atoms with E-state index in [2.05, 4.69) is 16.8 Å². The van der Waals surface area contributed by atoms with Crippen LogP contribution in [0, 0.1) is 0 Å². The number of halogens is 2. The molecule has 0 radical (unpaired) electrons. The summed E-state index contributed by atoms with van der Waals surface area (Å²) in [6, 6.07) is 5.34. The van der Waals surface area contributed by atoms with Gasteiger partial charge >= 0.3 is 0 Å². The van der Waals surface area contributed by atoms with Crippen molar-refractivity contribution < 1.29 is 9.84 Å². The van der Waals surface area contributed by atoms with E-state index in [-0.39, 0.29) is 36.6 Å². The van der Waals surface area contributed by atoms with Crippen molar-refractivity contribution in [2.24, 2.45) is 0 Å². The van der Waals surface area contributed by atoms with E-state index in [0.29, 0.717) is 5.75 Å². The van der Waals surface area contributed by atoms with Crippen LogP contribution in [0.1, 0.15) is 11.6 Å². The summed E-state index contributed by atoms with van der Waals surface area (Å²) < 4.78 is 5.35. The van der Waals surface area contributed by atoms with Gasteiger partial charge in [-0.15, -0.1) is 31.4 Å². The van der Waals surface area contributed by atoms with Crippen molar-refractivity contribution in [3.8, 4) is 11.5 Å². The van der Waals surface area contributed by atoms with Gasteiger partial charge in [-0.1, -0.05) is 12.1 Å². The van der Waals surface area contributed by atoms with Crippen molar-refractivity contribution in [2.45, 2.75) is 6.04 Å². The van der Waals surface area contributed by atoms with E-state index in [1.165, 1.54) is 0 Å². The van der Waals surface area contributed by atoms with Crippen LogP contribution in [0.15, 0.2) is 30.9 Å². The number of methoxy groups -OCH3 is 1. The number of rotatable bonds is 4. The summed E-state index contributed by atoms with van der Waals surface area (Å²) in [7, 11) is 1.62. The van der Waals surface area contributed by atoms with Crippen LogP contribution < -0.4 is 10.1 Å². The molecule has 1 saturated heterocycles. The van der Waals surface area contributed by atoms with Crippen molar-refractivity contribution in [1.29, 1.82) is 0 Å². The number of ether oxygens (including phenoxy) is 1. The molecule has 1 aliphatic rings. The summed E-state index contributed by atoms with van der Waals surface area (Å²) in [5, 5.41) is 13.4. The van der Waals surface area contributed by atoms with E-state index in [1.807, 2.05) is 12.1 Å². The Bertz CT molecular complexity index is 424. The lowest BCUT2D eigenvalue weighted by molar-refractivity contribution is 0.197. The predicted octanol–water partition coefficient (Wildman–Crippen LogP) is 2.38. The van der Waals surface area contributed by atoms with Gasteiger partial charge in [-0.2, -0.15) is 0 Å². The van der Waals surface area contributed by atoms with Gasteiger partial charge in [-0.3, -0.25) is 4.90 Å². The number of nitrogens with one attached hydrogen (secondary N) is 1. The molecular weight excluding hydrogens is 299 g/mol. The largest absolute Gasteiger partial charge is 0.507 e. The first-order valence-corrected chi connectivity index (χ1v) is 6.21. The van der Waals surface area contributed by atoms with Crippen molar-refractivity contribution in [1.82, 2.24) is 10.2 Å². The highest BCUT2D eigenvalue weighted by molar-refractivity contribution is 5.85. The third-order valence-electron chi connectivity index (χ3n) is 3.33. The lowest BCUT2D eigenvalue weighted by Gasteiger charge is -2.34. The van der Waals surface area contributed by atoms with E-state index in [4.69, 9.17) is 4.74 Å². The quantitative estimate of drug-likeness (QED) is 0.836. The molecule has 20 heavy (non-hydrogen) atoms. The zero-order valence-electron chi connectivity index (χ0n) is 11.5. The predicted molar refractivity (Wildman–Crippen MR) is 86.5 cm³/mol. The standard InChI is InChI=1S/C14H20N2O2.2ClH/c1-3-11(16-9-7-15-8-10-16)14-12(17)5-4-6-13(14)18-2;;/h3-6,11,15,17H,1,7-10H2,2H3;2*1H/t11-;;/m0../s1. The van der Waals surface area contributed by atoms with Gasteiger partial charge in [0, 0.05) is 26.2 Å². The van der Waals surface area contributed by atoms with Crippen molar-refractivity contribution in [3.63, 3.8) is 0 Å². The van der Waals surface area contributed by atoms with E-state index in [9.17, 15) is 5.11 Å². The summed E-state index contributed by atoms with van der Waals surface area (Å²) in [4.78, 5) is 2.29. The minimum atomic E-state index is -0.0109. The molecule has 6 heteroatoms. The zero-order valence-corrected chi connectivity index (χ0v) is 13.2. The van der Waals surface area contributed by atoms with Crippen LogP contribution in [-0.4, -0.2) is 43.3 Å². The molecule has 0 aliphatic carbocycles. The first kappa shape index (κ1) is 19.1. The summed E-state index contributed by atoms with van der Waals surface area (Å²) in [5.41, 5.74) is 0.803. The van der Waals surface area contributed by atoms with Crippen LogP contribution in [-0.2, 0) is 0 Å². The van der Waals surface area contributed by atoms with Gasteiger partial charge in [0.1, 0.15) is 11.5 Å². The SMILES string of the molecule is C=C[C@@H](c1c(O)cccc1OC)N1CCNCC1.Cl.Cl. The lowest BCUT2D eigenvalue weighted by atomic mass is 10.0.